The highest BCUT2D eigenvalue weighted by atomic mass is 19.1. The largest absolute Gasteiger partial charge is 0.508 e. The average molecular weight is 611 g/mol. The first kappa shape index (κ1) is 33.0. The molecule has 0 heterocycles. The van der Waals surface area contributed by atoms with Crippen LogP contribution < -0.4 is 0 Å². The van der Waals surface area contributed by atoms with Crippen LogP contribution >= 0.6 is 0 Å². The number of aliphatic hydroxyl groups is 2. The molecule has 4 atom stereocenters. The number of halogens is 2. The highest BCUT2D eigenvalue weighted by Crippen LogP contribution is 2.19. The molecule has 4 rings (SSSR count). The van der Waals surface area contributed by atoms with Gasteiger partial charge in [-0.1, -0.05) is 60.7 Å². The minimum atomic E-state index is -1.55. The van der Waals surface area contributed by atoms with Crippen molar-refractivity contribution in [2.24, 2.45) is 0 Å². The van der Waals surface area contributed by atoms with Crippen LogP contribution in [-0.2, 0) is 45.4 Å². The summed E-state index contributed by atoms with van der Waals surface area (Å²) in [5, 5.41) is 41.8. The zero-order chi connectivity index (χ0) is 31.3. The molecule has 0 aliphatic carbocycles. The van der Waals surface area contributed by atoms with Gasteiger partial charge in [0.15, 0.2) is 0 Å². The van der Waals surface area contributed by atoms with Crippen LogP contribution in [0.5, 0.6) is 11.5 Å². The number of hydrogen-bond acceptors (Lipinski definition) is 8. The maximum absolute atomic E-state index is 14.1. The Morgan fingerprint density at radius 1 is 0.500 bits per heavy atom. The SMILES string of the molecule is Oc1ccc(CO[C@H](COCc2ccccc2F)[C@@H](O)[C@H](O)[C@@H](COCc2ccccc2F)OCc2ccc(O)cc2)cc1. The van der Waals surface area contributed by atoms with Crippen LogP contribution in [0, 0.1) is 11.6 Å². The van der Waals surface area contributed by atoms with Crippen molar-refractivity contribution in [1.82, 2.24) is 0 Å². The summed E-state index contributed by atoms with van der Waals surface area (Å²) in [6.45, 7) is -0.569. The fourth-order valence-corrected chi connectivity index (χ4v) is 4.32. The van der Waals surface area contributed by atoms with Gasteiger partial charge in [-0.15, -0.1) is 0 Å². The van der Waals surface area contributed by atoms with Gasteiger partial charge in [0, 0.05) is 11.1 Å². The van der Waals surface area contributed by atoms with Crippen molar-refractivity contribution in [3.05, 3.63) is 131 Å². The van der Waals surface area contributed by atoms with Crippen molar-refractivity contribution in [2.75, 3.05) is 13.2 Å². The summed E-state index contributed by atoms with van der Waals surface area (Å²) < 4.78 is 51.6. The molecule has 0 bridgehead atoms. The van der Waals surface area contributed by atoms with Crippen LogP contribution in [0.4, 0.5) is 8.78 Å². The average Bonchev–Trinajstić information content (AvgIpc) is 3.03. The van der Waals surface area contributed by atoms with Gasteiger partial charge < -0.3 is 39.4 Å². The van der Waals surface area contributed by atoms with Crippen LogP contribution in [0.15, 0.2) is 97.1 Å². The van der Waals surface area contributed by atoms with Gasteiger partial charge in [0.05, 0.1) is 39.6 Å². The van der Waals surface area contributed by atoms with E-state index in [1.807, 2.05) is 0 Å². The molecule has 0 aliphatic heterocycles. The fourth-order valence-electron chi connectivity index (χ4n) is 4.32. The van der Waals surface area contributed by atoms with E-state index in [0.717, 1.165) is 0 Å². The smallest absolute Gasteiger partial charge is 0.128 e. The molecular formula is C34H36F2O8. The number of rotatable bonds is 17. The third kappa shape index (κ3) is 10.1. The van der Waals surface area contributed by atoms with Crippen LogP contribution in [0.1, 0.15) is 22.3 Å². The maximum atomic E-state index is 14.1. The molecule has 0 spiro atoms. The van der Waals surface area contributed by atoms with Crippen LogP contribution in [0.3, 0.4) is 0 Å². The molecule has 4 aromatic carbocycles. The summed E-state index contributed by atoms with van der Waals surface area (Å²) in [4.78, 5) is 0. The van der Waals surface area contributed by atoms with Crippen molar-refractivity contribution >= 4 is 0 Å². The van der Waals surface area contributed by atoms with Gasteiger partial charge in [-0.05, 0) is 47.5 Å². The first-order chi connectivity index (χ1) is 21.3. The first-order valence-corrected chi connectivity index (χ1v) is 14.1. The van der Waals surface area contributed by atoms with Gasteiger partial charge in [-0.2, -0.15) is 0 Å². The predicted molar refractivity (Wildman–Crippen MR) is 157 cm³/mol. The molecule has 0 aliphatic rings. The molecule has 44 heavy (non-hydrogen) atoms. The first-order valence-electron chi connectivity index (χ1n) is 14.1. The van der Waals surface area contributed by atoms with Gasteiger partial charge in [0.1, 0.15) is 47.5 Å². The molecule has 0 saturated heterocycles. The standard InChI is InChI=1S/C34H36F2O8/c35-29-7-3-1-5-25(29)19-41-21-31(43-17-23-9-13-27(37)14-10-23)33(39)34(40)32(44-18-24-11-15-28(38)16-12-24)22-42-20-26-6-2-4-8-30(26)36/h1-16,31-34,37-40H,17-22H2/t31-,32-,33-,34-/m1/s1. The van der Waals surface area contributed by atoms with Gasteiger partial charge in [-0.25, -0.2) is 8.78 Å². The highest BCUT2D eigenvalue weighted by Gasteiger charge is 2.34. The van der Waals surface area contributed by atoms with Crippen molar-refractivity contribution in [3.63, 3.8) is 0 Å². The Bertz CT molecular complexity index is 1310. The quantitative estimate of drug-likeness (QED) is 0.132. The molecule has 0 aromatic heterocycles. The number of benzene rings is 4. The Labute approximate surface area is 254 Å². The number of phenolic OH excluding ortho intramolecular Hbond substituents is 2. The minimum absolute atomic E-state index is 0.0145. The Balaban J connectivity index is 1.46. The third-order valence-electron chi connectivity index (χ3n) is 6.91. The third-order valence-corrected chi connectivity index (χ3v) is 6.91. The lowest BCUT2D eigenvalue weighted by Crippen LogP contribution is -2.49. The maximum Gasteiger partial charge on any atom is 0.128 e. The van der Waals surface area contributed by atoms with Gasteiger partial charge in [0.2, 0.25) is 0 Å². The van der Waals surface area contributed by atoms with E-state index >= 15 is 0 Å². The van der Waals surface area contributed by atoms with Crippen molar-refractivity contribution in [2.45, 2.75) is 50.8 Å². The molecule has 0 saturated carbocycles. The molecule has 0 radical (unpaired) electrons. The zero-order valence-electron chi connectivity index (χ0n) is 24.0. The number of hydrogen-bond donors (Lipinski definition) is 4. The van der Waals surface area contributed by atoms with E-state index < -0.39 is 36.1 Å². The Hall–Kier alpha value is -3.90. The van der Waals surface area contributed by atoms with E-state index in [9.17, 15) is 29.2 Å². The second-order valence-electron chi connectivity index (χ2n) is 10.2. The summed E-state index contributed by atoms with van der Waals surface area (Å²) in [6.07, 6.45) is -5.27. The summed E-state index contributed by atoms with van der Waals surface area (Å²) in [5.41, 5.74) is 2.02. The normalized spacial score (nSPS) is 14.2. The van der Waals surface area contributed by atoms with Crippen LogP contribution in [0.25, 0.3) is 0 Å². The minimum Gasteiger partial charge on any atom is -0.508 e. The van der Waals surface area contributed by atoms with Crippen LogP contribution in [-0.4, -0.2) is 58.1 Å². The highest BCUT2D eigenvalue weighted by molar-refractivity contribution is 5.26. The van der Waals surface area contributed by atoms with Crippen molar-refractivity contribution < 1.29 is 48.2 Å². The number of aliphatic hydroxyl groups excluding tert-OH is 2. The zero-order valence-corrected chi connectivity index (χ0v) is 24.0. The van der Waals surface area contributed by atoms with Gasteiger partial charge >= 0.3 is 0 Å². The Kier molecular flexibility index (Phi) is 12.6. The summed E-state index contributed by atoms with van der Waals surface area (Å²) >= 11 is 0. The molecule has 0 fully saturated rings. The van der Waals surface area contributed by atoms with Gasteiger partial charge in [-0.3, -0.25) is 0 Å². The van der Waals surface area contributed by atoms with Crippen molar-refractivity contribution in [1.29, 1.82) is 0 Å². The molecular weight excluding hydrogens is 574 g/mol. The number of aromatic hydroxyl groups is 2. The second kappa shape index (κ2) is 16.8. The van der Waals surface area contributed by atoms with E-state index in [-0.39, 0.29) is 51.1 Å². The molecule has 0 amide bonds. The predicted octanol–water partition coefficient (Wildman–Crippen LogP) is 5.00. The van der Waals surface area contributed by atoms with Gasteiger partial charge in [0.25, 0.3) is 0 Å². The lowest BCUT2D eigenvalue weighted by atomic mass is 10.0. The fraction of sp³-hybridized carbons (Fsp3) is 0.294. The molecule has 10 heteroatoms. The summed E-state index contributed by atoms with van der Waals surface area (Å²) in [7, 11) is 0. The summed E-state index contributed by atoms with van der Waals surface area (Å²) in [5.74, 6) is -0.718. The Morgan fingerprint density at radius 3 is 1.23 bits per heavy atom. The van der Waals surface area contributed by atoms with E-state index in [4.69, 9.17) is 18.9 Å². The monoisotopic (exact) mass is 610 g/mol. The van der Waals surface area contributed by atoms with Crippen molar-refractivity contribution in [3.8, 4) is 11.5 Å². The van der Waals surface area contributed by atoms with E-state index in [1.165, 1.54) is 36.4 Å². The summed E-state index contributed by atoms with van der Waals surface area (Å²) in [6, 6.07) is 24.8. The lowest BCUT2D eigenvalue weighted by Gasteiger charge is -2.32. The molecule has 4 N–H and O–H groups in total. The van der Waals surface area contributed by atoms with E-state index in [2.05, 4.69) is 0 Å². The second-order valence-corrected chi connectivity index (χ2v) is 10.2. The molecule has 8 nitrogen and oxygen atoms in total. The van der Waals surface area contributed by atoms with E-state index in [0.29, 0.717) is 22.3 Å². The Morgan fingerprint density at radius 2 is 0.864 bits per heavy atom. The number of ether oxygens (including phenoxy) is 4. The lowest BCUT2D eigenvalue weighted by molar-refractivity contribution is -0.170. The molecule has 4 aromatic rings. The molecule has 0 unspecified atom stereocenters. The van der Waals surface area contributed by atoms with Crippen LogP contribution in [0.2, 0.25) is 0 Å². The molecule has 234 valence electrons. The topological polar surface area (TPSA) is 118 Å². The number of phenols is 2. The van der Waals surface area contributed by atoms with E-state index in [1.54, 1.807) is 60.7 Å².